The van der Waals surface area contributed by atoms with E-state index in [4.69, 9.17) is 22.3 Å². The molecule has 0 aromatic heterocycles. The first-order chi connectivity index (χ1) is 12.1. The molecule has 0 aliphatic rings. The fourth-order valence-electron chi connectivity index (χ4n) is 2.74. The highest BCUT2D eigenvalue weighted by Gasteiger charge is 1.94. The quantitative estimate of drug-likeness (QED) is 0.115. The second-order valence-electron chi connectivity index (χ2n) is 6.67. The molecule has 0 aromatic rings. The Balaban J connectivity index is 3.00. The van der Waals surface area contributed by atoms with E-state index in [2.05, 4.69) is 16.0 Å². The van der Waals surface area contributed by atoms with Crippen LogP contribution < -0.4 is 27.4 Å². The standard InChI is InChI=1S/C18H41N7/c19-17(20)24-15-11-7-3-1-5-9-13-23-14-10-6-2-4-8-12-16-25-18(21)22/h23H,1-16H2,(H4,19,20,24)(H4,21,22,25). The largest absolute Gasteiger partial charge is 0.370 e. The van der Waals surface area contributed by atoms with Gasteiger partial charge in [0, 0.05) is 13.1 Å². The third-order valence-corrected chi connectivity index (χ3v) is 4.19. The molecule has 0 rings (SSSR count). The van der Waals surface area contributed by atoms with Crippen LogP contribution in [0.5, 0.6) is 0 Å². The van der Waals surface area contributed by atoms with Gasteiger partial charge in [0.05, 0.1) is 0 Å². The summed E-state index contributed by atoms with van der Waals surface area (Å²) in [5, 5.41) is 23.3. The topological polar surface area (TPSA) is 136 Å². The number of rotatable bonds is 18. The zero-order valence-electron chi connectivity index (χ0n) is 16.0. The van der Waals surface area contributed by atoms with Gasteiger partial charge in [-0.3, -0.25) is 10.8 Å². The smallest absolute Gasteiger partial charge is 0.185 e. The van der Waals surface area contributed by atoms with Crippen LogP contribution in [0, 0.1) is 10.8 Å². The van der Waals surface area contributed by atoms with E-state index in [9.17, 15) is 0 Å². The number of hydrogen-bond donors (Lipinski definition) is 7. The van der Waals surface area contributed by atoms with Gasteiger partial charge in [0.1, 0.15) is 0 Å². The number of hydrogen-bond acceptors (Lipinski definition) is 3. The number of nitrogens with one attached hydrogen (secondary N) is 5. The second-order valence-corrected chi connectivity index (χ2v) is 6.67. The maximum absolute atomic E-state index is 7.05. The Morgan fingerprint density at radius 3 is 1.08 bits per heavy atom. The Morgan fingerprint density at radius 1 is 0.480 bits per heavy atom. The van der Waals surface area contributed by atoms with Crippen LogP contribution in [0.25, 0.3) is 0 Å². The normalized spacial score (nSPS) is 10.6. The van der Waals surface area contributed by atoms with Crippen molar-refractivity contribution in [1.29, 1.82) is 10.8 Å². The van der Waals surface area contributed by atoms with E-state index in [0.29, 0.717) is 0 Å². The van der Waals surface area contributed by atoms with E-state index in [1.165, 1.54) is 64.2 Å². The van der Waals surface area contributed by atoms with Gasteiger partial charge in [-0.1, -0.05) is 51.4 Å². The van der Waals surface area contributed by atoms with Crippen LogP contribution in [-0.2, 0) is 0 Å². The molecule has 0 fully saturated rings. The molecule has 0 bridgehead atoms. The zero-order chi connectivity index (χ0) is 18.6. The lowest BCUT2D eigenvalue weighted by Gasteiger charge is -2.06. The summed E-state index contributed by atoms with van der Waals surface area (Å²) in [6, 6.07) is 0. The van der Waals surface area contributed by atoms with Gasteiger partial charge >= 0.3 is 0 Å². The van der Waals surface area contributed by atoms with Gasteiger partial charge in [0.2, 0.25) is 0 Å². The average molecular weight is 356 g/mol. The van der Waals surface area contributed by atoms with E-state index in [-0.39, 0.29) is 11.9 Å². The van der Waals surface area contributed by atoms with Crippen LogP contribution in [0.2, 0.25) is 0 Å². The fourth-order valence-corrected chi connectivity index (χ4v) is 2.74. The monoisotopic (exact) mass is 355 g/mol. The van der Waals surface area contributed by atoms with Crippen molar-refractivity contribution in [2.24, 2.45) is 11.5 Å². The zero-order valence-corrected chi connectivity index (χ0v) is 16.0. The second kappa shape index (κ2) is 18.8. The molecular formula is C18H41N7. The Labute approximate surface area is 154 Å². The van der Waals surface area contributed by atoms with Gasteiger partial charge in [-0.25, -0.2) is 0 Å². The Morgan fingerprint density at radius 2 is 0.760 bits per heavy atom. The van der Waals surface area contributed by atoms with Crippen molar-refractivity contribution in [1.82, 2.24) is 16.0 Å². The highest BCUT2D eigenvalue weighted by molar-refractivity contribution is 5.74. The van der Waals surface area contributed by atoms with E-state index in [0.717, 1.165) is 39.0 Å². The molecule has 0 aromatic carbocycles. The van der Waals surface area contributed by atoms with Gasteiger partial charge in [-0.2, -0.15) is 0 Å². The van der Waals surface area contributed by atoms with Crippen LogP contribution in [0.3, 0.4) is 0 Å². The number of guanidine groups is 2. The highest BCUT2D eigenvalue weighted by atomic mass is 15.0. The predicted molar refractivity (Wildman–Crippen MR) is 108 cm³/mol. The van der Waals surface area contributed by atoms with Crippen LogP contribution in [0.15, 0.2) is 0 Å². The van der Waals surface area contributed by atoms with E-state index < -0.39 is 0 Å². The van der Waals surface area contributed by atoms with Crippen molar-refractivity contribution >= 4 is 11.9 Å². The summed E-state index contributed by atoms with van der Waals surface area (Å²) in [4.78, 5) is 0. The lowest BCUT2D eigenvalue weighted by atomic mass is 10.1. The molecule has 0 saturated heterocycles. The minimum absolute atomic E-state index is 0.0769. The first-order valence-corrected chi connectivity index (χ1v) is 9.99. The maximum Gasteiger partial charge on any atom is 0.185 e. The molecule has 0 aliphatic carbocycles. The lowest BCUT2D eigenvalue weighted by Crippen LogP contribution is -2.30. The number of nitrogens with two attached hydrogens (primary N) is 2. The van der Waals surface area contributed by atoms with Crippen LogP contribution in [-0.4, -0.2) is 38.1 Å². The van der Waals surface area contributed by atoms with E-state index in [1.807, 2.05) is 0 Å². The van der Waals surface area contributed by atoms with E-state index >= 15 is 0 Å². The van der Waals surface area contributed by atoms with Gasteiger partial charge in [0.25, 0.3) is 0 Å². The Bertz CT molecular complexity index is 291. The van der Waals surface area contributed by atoms with E-state index in [1.54, 1.807) is 0 Å². The molecule has 7 nitrogen and oxygen atoms in total. The fraction of sp³-hybridized carbons (Fsp3) is 0.889. The molecule has 0 unspecified atom stereocenters. The van der Waals surface area contributed by atoms with Gasteiger partial charge in [0.15, 0.2) is 11.9 Å². The molecule has 0 amide bonds. The molecule has 7 heteroatoms. The summed E-state index contributed by atoms with van der Waals surface area (Å²) in [5.74, 6) is 0.154. The van der Waals surface area contributed by atoms with Crippen molar-refractivity contribution in [3.05, 3.63) is 0 Å². The Hall–Kier alpha value is -1.50. The van der Waals surface area contributed by atoms with Crippen molar-refractivity contribution < 1.29 is 0 Å². The molecule has 0 saturated carbocycles. The molecule has 9 N–H and O–H groups in total. The van der Waals surface area contributed by atoms with Crippen molar-refractivity contribution in [2.75, 3.05) is 26.2 Å². The summed E-state index contributed by atoms with van der Waals surface area (Å²) in [6.07, 6.45) is 15.0. The molecular weight excluding hydrogens is 314 g/mol. The maximum atomic E-state index is 7.05. The molecule has 0 aliphatic heterocycles. The van der Waals surface area contributed by atoms with Crippen molar-refractivity contribution in [2.45, 2.75) is 77.0 Å². The molecule has 0 radical (unpaired) electrons. The number of unbranched alkanes of at least 4 members (excludes halogenated alkanes) is 10. The van der Waals surface area contributed by atoms with Gasteiger partial charge in [-0.05, 0) is 38.8 Å². The van der Waals surface area contributed by atoms with Gasteiger partial charge in [-0.15, -0.1) is 0 Å². The average Bonchev–Trinajstić information content (AvgIpc) is 2.56. The highest BCUT2D eigenvalue weighted by Crippen LogP contribution is 2.05. The Kier molecular flexibility index (Phi) is 17.7. The minimum Gasteiger partial charge on any atom is -0.370 e. The van der Waals surface area contributed by atoms with Crippen molar-refractivity contribution in [3.8, 4) is 0 Å². The van der Waals surface area contributed by atoms with Gasteiger partial charge < -0.3 is 27.4 Å². The molecule has 25 heavy (non-hydrogen) atoms. The first kappa shape index (κ1) is 23.5. The van der Waals surface area contributed by atoms with Crippen LogP contribution in [0.4, 0.5) is 0 Å². The van der Waals surface area contributed by atoms with Crippen molar-refractivity contribution in [3.63, 3.8) is 0 Å². The van der Waals surface area contributed by atoms with Crippen LogP contribution >= 0.6 is 0 Å². The SMILES string of the molecule is N=C(N)NCCCCCCCCNCCCCCCCCNC(=N)N. The summed E-state index contributed by atoms with van der Waals surface area (Å²) in [7, 11) is 0. The third kappa shape index (κ3) is 22.5. The molecule has 148 valence electrons. The predicted octanol–water partition coefficient (Wildman–Crippen LogP) is 2.22. The summed E-state index contributed by atoms with van der Waals surface area (Å²) >= 11 is 0. The molecule has 0 heterocycles. The molecule has 0 atom stereocenters. The summed E-state index contributed by atoms with van der Waals surface area (Å²) in [6.45, 7) is 3.93. The minimum atomic E-state index is 0.0769. The van der Waals surface area contributed by atoms with Crippen LogP contribution in [0.1, 0.15) is 77.0 Å². The lowest BCUT2D eigenvalue weighted by molar-refractivity contribution is 0.537. The molecule has 0 spiro atoms. The third-order valence-electron chi connectivity index (χ3n) is 4.19. The first-order valence-electron chi connectivity index (χ1n) is 9.99. The summed E-state index contributed by atoms with van der Waals surface area (Å²) < 4.78 is 0. The summed E-state index contributed by atoms with van der Waals surface area (Å²) in [5.41, 5.74) is 10.5.